The largest absolute Gasteiger partial charge is 0.416 e. The third-order valence-corrected chi connectivity index (χ3v) is 4.20. The molecule has 2 amide bonds. The van der Waals surface area contributed by atoms with E-state index in [1.54, 1.807) is 12.1 Å². The Morgan fingerprint density at radius 1 is 1.21 bits per heavy atom. The molecule has 1 heterocycles. The number of nitrogens with two attached hydrogens (primary N) is 1. The molecule has 0 atom stereocenters. The van der Waals surface area contributed by atoms with Crippen LogP contribution in [0.15, 0.2) is 36.4 Å². The molecule has 2 rings (SSSR count). The second kappa shape index (κ2) is 7.04. The Morgan fingerprint density at radius 2 is 1.92 bits per heavy atom. The third-order valence-electron chi connectivity index (χ3n) is 3.21. The van der Waals surface area contributed by atoms with E-state index in [1.807, 2.05) is 6.92 Å². The number of amides is 2. The number of primary amides is 1. The second-order valence-electron chi connectivity index (χ2n) is 5.24. The average Bonchev–Trinajstić information content (AvgIpc) is 2.91. The van der Waals surface area contributed by atoms with Crippen molar-refractivity contribution in [3.05, 3.63) is 57.3 Å². The van der Waals surface area contributed by atoms with Crippen molar-refractivity contribution in [2.45, 2.75) is 19.6 Å². The smallest absolute Gasteiger partial charge is 0.368 e. The Labute approximate surface area is 140 Å². The van der Waals surface area contributed by atoms with Gasteiger partial charge in [-0.3, -0.25) is 9.59 Å². The maximum absolute atomic E-state index is 12.8. The lowest BCUT2D eigenvalue weighted by atomic mass is 10.1. The number of carbonyl (C=O) groups is 2. The monoisotopic (exact) mass is 356 g/mol. The lowest BCUT2D eigenvalue weighted by molar-refractivity contribution is -0.137. The van der Waals surface area contributed by atoms with Gasteiger partial charge in [0.05, 0.1) is 10.4 Å². The van der Waals surface area contributed by atoms with E-state index in [1.165, 1.54) is 23.5 Å². The molecule has 0 fully saturated rings. The molecule has 4 nitrogen and oxygen atoms in total. The van der Waals surface area contributed by atoms with Crippen molar-refractivity contribution in [1.29, 1.82) is 0 Å². The SMILES string of the molecule is Cc1ccc(C(=O)N(CC(N)=O)Cc2cccc(C(F)(F)F)c2)s1. The van der Waals surface area contributed by atoms with Crippen molar-refractivity contribution in [2.24, 2.45) is 5.73 Å². The van der Waals surface area contributed by atoms with Crippen molar-refractivity contribution in [3.8, 4) is 0 Å². The van der Waals surface area contributed by atoms with Crippen LogP contribution in [0, 0.1) is 6.92 Å². The van der Waals surface area contributed by atoms with E-state index in [0.29, 0.717) is 4.88 Å². The number of rotatable bonds is 5. The zero-order valence-corrected chi connectivity index (χ0v) is 13.6. The highest BCUT2D eigenvalue weighted by Crippen LogP contribution is 2.30. The summed E-state index contributed by atoms with van der Waals surface area (Å²) in [4.78, 5) is 26.2. The van der Waals surface area contributed by atoms with Crippen LogP contribution >= 0.6 is 11.3 Å². The molecule has 1 aromatic heterocycles. The summed E-state index contributed by atoms with van der Waals surface area (Å²) in [7, 11) is 0. The number of alkyl halides is 3. The average molecular weight is 356 g/mol. The Bertz CT molecular complexity index is 756. The van der Waals surface area contributed by atoms with Crippen LogP contribution in [0.5, 0.6) is 0 Å². The molecule has 0 saturated carbocycles. The molecule has 0 spiro atoms. The van der Waals surface area contributed by atoms with E-state index >= 15 is 0 Å². The van der Waals surface area contributed by atoms with Crippen LogP contribution in [-0.2, 0) is 17.5 Å². The van der Waals surface area contributed by atoms with E-state index in [2.05, 4.69) is 0 Å². The minimum atomic E-state index is -4.47. The van der Waals surface area contributed by atoms with Crippen LogP contribution in [0.2, 0.25) is 0 Å². The molecule has 128 valence electrons. The molecule has 24 heavy (non-hydrogen) atoms. The number of hydrogen-bond donors (Lipinski definition) is 1. The molecule has 0 bridgehead atoms. The third kappa shape index (κ3) is 4.58. The van der Waals surface area contributed by atoms with E-state index in [0.717, 1.165) is 21.9 Å². The van der Waals surface area contributed by atoms with Gasteiger partial charge >= 0.3 is 6.18 Å². The van der Waals surface area contributed by atoms with Gasteiger partial charge in [-0.05, 0) is 36.8 Å². The van der Waals surface area contributed by atoms with Gasteiger partial charge in [0.1, 0.15) is 6.54 Å². The predicted molar refractivity (Wildman–Crippen MR) is 84.4 cm³/mol. The van der Waals surface area contributed by atoms with Gasteiger partial charge in [-0.2, -0.15) is 13.2 Å². The Kier molecular flexibility index (Phi) is 5.28. The molecule has 2 N–H and O–H groups in total. The summed E-state index contributed by atoms with van der Waals surface area (Å²) in [5, 5.41) is 0. The molecule has 0 saturated heterocycles. The Hall–Kier alpha value is -2.35. The molecular formula is C16H15F3N2O2S. The van der Waals surface area contributed by atoms with E-state index in [4.69, 9.17) is 5.73 Å². The minimum absolute atomic E-state index is 0.136. The summed E-state index contributed by atoms with van der Waals surface area (Å²) in [6.07, 6.45) is -4.47. The molecule has 1 aromatic carbocycles. The summed E-state index contributed by atoms with van der Waals surface area (Å²) < 4.78 is 38.4. The summed E-state index contributed by atoms with van der Waals surface area (Å²) >= 11 is 1.25. The minimum Gasteiger partial charge on any atom is -0.368 e. The van der Waals surface area contributed by atoms with Gasteiger partial charge in [0.2, 0.25) is 5.91 Å². The number of hydrogen-bond acceptors (Lipinski definition) is 3. The van der Waals surface area contributed by atoms with Crippen molar-refractivity contribution >= 4 is 23.2 Å². The van der Waals surface area contributed by atoms with E-state index < -0.39 is 23.6 Å². The molecule has 0 radical (unpaired) electrons. The summed E-state index contributed by atoms with van der Waals surface area (Å²) in [5.74, 6) is -1.17. The fourth-order valence-electron chi connectivity index (χ4n) is 2.16. The zero-order chi connectivity index (χ0) is 17.9. The summed E-state index contributed by atoms with van der Waals surface area (Å²) in [6, 6.07) is 8.01. The van der Waals surface area contributed by atoms with Crippen LogP contribution < -0.4 is 5.73 Å². The van der Waals surface area contributed by atoms with Crippen molar-refractivity contribution in [1.82, 2.24) is 4.90 Å². The standard InChI is InChI=1S/C16H15F3N2O2S/c1-10-5-6-13(24-10)15(23)21(9-14(20)22)8-11-3-2-4-12(7-11)16(17,18)19/h2-7H,8-9H2,1H3,(H2,20,22). The van der Waals surface area contributed by atoms with Crippen LogP contribution in [-0.4, -0.2) is 23.3 Å². The Morgan fingerprint density at radius 3 is 2.46 bits per heavy atom. The molecule has 0 aliphatic carbocycles. The number of carbonyl (C=O) groups excluding carboxylic acids is 2. The van der Waals surface area contributed by atoms with E-state index in [9.17, 15) is 22.8 Å². The first-order valence-electron chi connectivity index (χ1n) is 6.97. The number of halogens is 3. The fraction of sp³-hybridized carbons (Fsp3) is 0.250. The first-order valence-corrected chi connectivity index (χ1v) is 7.78. The van der Waals surface area contributed by atoms with Gasteiger partial charge in [0.15, 0.2) is 0 Å². The Balaban J connectivity index is 2.26. The topological polar surface area (TPSA) is 63.4 Å². The van der Waals surface area contributed by atoms with Gasteiger partial charge in [-0.15, -0.1) is 11.3 Å². The molecule has 0 aliphatic heterocycles. The van der Waals surface area contributed by atoms with Crippen molar-refractivity contribution in [2.75, 3.05) is 6.54 Å². The highest BCUT2D eigenvalue weighted by molar-refractivity contribution is 7.13. The predicted octanol–water partition coefficient (Wildman–Crippen LogP) is 3.20. The molecule has 8 heteroatoms. The van der Waals surface area contributed by atoms with Gasteiger partial charge in [0, 0.05) is 11.4 Å². The molecule has 0 unspecified atom stereocenters. The van der Waals surface area contributed by atoms with E-state index in [-0.39, 0.29) is 18.7 Å². The maximum Gasteiger partial charge on any atom is 0.416 e. The van der Waals surface area contributed by atoms with Gasteiger partial charge in [-0.1, -0.05) is 12.1 Å². The normalized spacial score (nSPS) is 11.3. The van der Waals surface area contributed by atoms with Crippen molar-refractivity contribution in [3.63, 3.8) is 0 Å². The molecule has 2 aromatic rings. The number of benzene rings is 1. The second-order valence-corrected chi connectivity index (χ2v) is 6.52. The number of aryl methyl sites for hydroxylation is 1. The molecule has 0 aliphatic rings. The zero-order valence-electron chi connectivity index (χ0n) is 12.8. The summed E-state index contributed by atoms with van der Waals surface area (Å²) in [5.41, 5.74) is 4.62. The fourth-order valence-corrected chi connectivity index (χ4v) is 2.99. The van der Waals surface area contributed by atoms with Gasteiger partial charge in [-0.25, -0.2) is 0 Å². The van der Waals surface area contributed by atoms with Crippen LogP contribution in [0.3, 0.4) is 0 Å². The quantitative estimate of drug-likeness (QED) is 0.894. The van der Waals surface area contributed by atoms with Crippen LogP contribution in [0.25, 0.3) is 0 Å². The molecular weight excluding hydrogens is 341 g/mol. The maximum atomic E-state index is 12.8. The lowest BCUT2D eigenvalue weighted by Crippen LogP contribution is -2.37. The van der Waals surface area contributed by atoms with Crippen LogP contribution in [0.4, 0.5) is 13.2 Å². The van der Waals surface area contributed by atoms with Gasteiger partial charge < -0.3 is 10.6 Å². The van der Waals surface area contributed by atoms with Crippen LogP contribution in [0.1, 0.15) is 25.7 Å². The summed E-state index contributed by atoms with van der Waals surface area (Å²) in [6.45, 7) is 1.32. The first kappa shape index (κ1) is 18.0. The van der Waals surface area contributed by atoms with Crippen molar-refractivity contribution < 1.29 is 22.8 Å². The number of thiophene rings is 1. The number of nitrogens with zero attached hydrogens (tertiary/aromatic N) is 1. The highest BCUT2D eigenvalue weighted by Gasteiger charge is 2.30. The van der Waals surface area contributed by atoms with Gasteiger partial charge in [0.25, 0.3) is 5.91 Å². The lowest BCUT2D eigenvalue weighted by Gasteiger charge is -2.21. The first-order chi connectivity index (χ1) is 11.2. The highest BCUT2D eigenvalue weighted by atomic mass is 32.1.